The summed E-state index contributed by atoms with van der Waals surface area (Å²) in [4.78, 5) is 13.3. The summed E-state index contributed by atoms with van der Waals surface area (Å²) >= 11 is 6.57. The third kappa shape index (κ3) is 6.28. The number of hydrogen-bond donors (Lipinski definition) is 1. The second-order valence-corrected chi connectivity index (χ2v) is 14.1. The van der Waals surface area contributed by atoms with Gasteiger partial charge in [-0.1, -0.05) is 38.5 Å². The molecule has 0 bridgehead atoms. The topological polar surface area (TPSA) is 80.7 Å². The molecule has 0 spiro atoms. The van der Waals surface area contributed by atoms with Crippen molar-refractivity contribution in [1.29, 1.82) is 0 Å². The molecule has 0 heterocycles. The highest BCUT2D eigenvalue weighted by Crippen LogP contribution is 2.44. The second-order valence-electron chi connectivity index (χ2n) is 9.21. The van der Waals surface area contributed by atoms with Crippen LogP contribution >= 0.6 is 67.8 Å². The summed E-state index contributed by atoms with van der Waals surface area (Å²) in [6.07, 6.45) is 9.99. The predicted molar refractivity (Wildman–Crippen MR) is 157 cm³/mol. The lowest BCUT2D eigenvalue weighted by Gasteiger charge is -2.28. The molecule has 5 nitrogen and oxygen atoms in total. The lowest BCUT2D eigenvalue weighted by Crippen LogP contribution is -2.17. The maximum atomic E-state index is 13.3. The molecule has 2 aliphatic rings. The lowest BCUT2D eigenvalue weighted by atomic mass is 9.80. The molecule has 0 saturated heterocycles. The number of ether oxygens (including phenoxy) is 1. The van der Waals surface area contributed by atoms with Gasteiger partial charge in [-0.2, -0.15) is 8.42 Å². The van der Waals surface area contributed by atoms with E-state index in [4.69, 9.17) is 4.74 Å². The van der Waals surface area contributed by atoms with Gasteiger partial charge in [0, 0.05) is 10.7 Å². The Morgan fingerprint density at radius 2 is 1.38 bits per heavy atom. The van der Waals surface area contributed by atoms with Crippen molar-refractivity contribution in [1.82, 2.24) is 0 Å². The fourth-order valence-corrected chi connectivity index (χ4v) is 8.40. The number of hydrogen-bond acceptors (Lipinski definition) is 4. The Kier molecular flexibility index (Phi) is 9.23. The van der Waals surface area contributed by atoms with Crippen molar-refractivity contribution < 1.29 is 22.5 Å². The fraction of sp³-hybridized carbons (Fsp3) is 0.480. The zero-order valence-corrected chi connectivity index (χ0v) is 25.9. The first kappa shape index (κ1) is 27.1. The van der Waals surface area contributed by atoms with Crippen molar-refractivity contribution in [3.05, 3.63) is 51.7 Å². The summed E-state index contributed by atoms with van der Waals surface area (Å²) in [5.41, 5.74) is 1.80. The van der Waals surface area contributed by atoms with Gasteiger partial charge in [-0.05, 0) is 141 Å². The molecule has 0 amide bonds. The van der Waals surface area contributed by atoms with Crippen LogP contribution in [0.3, 0.4) is 0 Å². The summed E-state index contributed by atoms with van der Waals surface area (Å²) in [5.74, 6) is 0.136. The van der Waals surface area contributed by atoms with Crippen molar-refractivity contribution in [2.45, 2.75) is 80.9 Å². The average Bonchev–Trinajstić information content (AvgIpc) is 2.81. The van der Waals surface area contributed by atoms with Crippen molar-refractivity contribution in [3.8, 4) is 5.75 Å². The van der Waals surface area contributed by atoms with Crippen LogP contribution in [0.4, 0.5) is 0 Å². The molecule has 2 aromatic carbocycles. The Hall–Kier alpha value is 0.0100. The molecule has 2 fully saturated rings. The van der Waals surface area contributed by atoms with E-state index in [0.29, 0.717) is 16.9 Å². The first-order valence-electron chi connectivity index (χ1n) is 11.7. The van der Waals surface area contributed by atoms with Crippen molar-refractivity contribution in [3.63, 3.8) is 0 Å². The van der Waals surface area contributed by atoms with Crippen LogP contribution in [0.2, 0.25) is 0 Å². The average molecular weight is 820 g/mol. The van der Waals surface area contributed by atoms with E-state index in [-0.39, 0.29) is 16.7 Å². The summed E-state index contributed by atoms with van der Waals surface area (Å²) in [6, 6.07) is 7.17. The fourth-order valence-electron chi connectivity index (χ4n) is 5.23. The van der Waals surface area contributed by atoms with Gasteiger partial charge in [-0.3, -0.25) is 4.55 Å². The van der Waals surface area contributed by atoms with Crippen LogP contribution < -0.4 is 4.74 Å². The molecule has 0 unspecified atom stereocenters. The molecule has 0 aromatic heterocycles. The molecular formula is C25H27I3O5S. The molecule has 0 atom stereocenters. The molecule has 2 aliphatic carbocycles. The van der Waals surface area contributed by atoms with Crippen LogP contribution in [0.15, 0.2) is 29.2 Å². The minimum Gasteiger partial charge on any atom is -0.423 e. The Balaban J connectivity index is 1.82. The zero-order chi connectivity index (χ0) is 24.5. The van der Waals surface area contributed by atoms with Gasteiger partial charge in [-0.15, -0.1) is 0 Å². The normalized spacial score (nSPS) is 18.1. The molecule has 4 rings (SSSR count). The zero-order valence-electron chi connectivity index (χ0n) is 18.7. The Labute approximate surface area is 242 Å². The molecule has 0 aliphatic heterocycles. The van der Waals surface area contributed by atoms with E-state index in [1.165, 1.54) is 0 Å². The van der Waals surface area contributed by atoms with Gasteiger partial charge in [0.05, 0.1) is 10.5 Å². The molecule has 2 aromatic rings. The van der Waals surface area contributed by atoms with E-state index in [0.717, 1.165) is 80.5 Å². The second kappa shape index (κ2) is 11.6. The predicted octanol–water partition coefficient (Wildman–Crippen LogP) is 8.06. The van der Waals surface area contributed by atoms with Crippen molar-refractivity contribution in [2.75, 3.05) is 0 Å². The summed E-state index contributed by atoms with van der Waals surface area (Å²) in [6.45, 7) is 0. The van der Waals surface area contributed by atoms with E-state index in [2.05, 4.69) is 67.8 Å². The first-order valence-corrected chi connectivity index (χ1v) is 16.3. The van der Waals surface area contributed by atoms with Crippen LogP contribution in [0.25, 0.3) is 0 Å². The number of carbonyl (C=O) groups excluding carboxylic acids is 1. The van der Waals surface area contributed by atoms with E-state index >= 15 is 0 Å². The van der Waals surface area contributed by atoms with Gasteiger partial charge in [-0.25, -0.2) is 4.79 Å². The van der Waals surface area contributed by atoms with Crippen LogP contribution in [0, 0.1) is 10.7 Å². The van der Waals surface area contributed by atoms with Crippen LogP contribution in [-0.4, -0.2) is 18.9 Å². The first-order chi connectivity index (χ1) is 16.1. The quantitative estimate of drug-likeness (QED) is 0.109. The molecule has 34 heavy (non-hydrogen) atoms. The molecule has 2 saturated carbocycles. The summed E-state index contributed by atoms with van der Waals surface area (Å²) in [7, 11) is -4.40. The van der Waals surface area contributed by atoms with Crippen molar-refractivity contribution in [2.24, 2.45) is 0 Å². The number of benzene rings is 2. The number of esters is 1. The van der Waals surface area contributed by atoms with E-state index < -0.39 is 16.1 Å². The molecular weight excluding hydrogens is 793 g/mol. The summed E-state index contributed by atoms with van der Waals surface area (Å²) < 4.78 is 43.9. The van der Waals surface area contributed by atoms with E-state index in [1.54, 1.807) is 12.1 Å². The van der Waals surface area contributed by atoms with Gasteiger partial charge in [0.15, 0.2) is 0 Å². The van der Waals surface area contributed by atoms with Gasteiger partial charge in [0.1, 0.15) is 5.75 Å². The molecule has 0 radical (unpaired) electrons. The maximum absolute atomic E-state index is 13.3. The number of rotatable bonds is 5. The standard InChI is InChI=1S/C25H27I3O5S/c26-17-11-20(24(28)21(27)12-17)25(29)33-22-13-19(16-9-5-2-6-10-16)23(34(30,31)32)14-18(22)15-7-3-1-4-8-15/h11-16H,1-10H2,(H,30,31,32). The Morgan fingerprint density at radius 1 is 0.824 bits per heavy atom. The van der Waals surface area contributed by atoms with Gasteiger partial charge in [0.25, 0.3) is 10.1 Å². The molecule has 9 heteroatoms. The molecule has 184 valence electrons. The monoisotopic (exact) mass is 820 g/mol. The minimum atomic E-state index is -4.40. The van der Waals surface area contributed by atoms with E-state index in [9.17, 15) is 17.8 Å². The lowest BCUT2D eigenvalue weighted by molar-refractivity contribution is 0.0730. The van der Waals surface area contributed by atoms with Crippen LogP contribution in [0.1, 0.15) is 97.5 Å². The Bertz CT molecular complexity index is 1180. The maximum Gasteiger partial charge on any atom is 0.344 e. The van der Waals surface area contributed by atoms with Crippen LogP contribution in [0.5, 0.6) is 5.75 Å². The highest BCUT2D eigenvalue weighted by molar-refractivity contribution is 14.1. The SMILES string of the molecule is O=C(Oc1cc(C2CCCCC2)c(S(=O)(=O)O)cc1C1CCCCC1)c1cc(I)cc(I)c1I. The smallest absolute Gasteiger partial charge is 0.344 e. The largest absolute Gasteiger partial charge is 0.423 e. The van der Waals surface area contributed by atoms with Gasteiger partial charge >= 0.3 is 5.97 Å². The highest BCUT2D eigenvalue weighted by Gasteiger charge is 2.30. The van der Waals surface area contributed by atoms with Crippen LogP contribution in [-0.2, 0) is 10.1 Å². The highest BCUT2D eigenvalue weighted by atomic mass is 127. The van der Waals surface area contributed by atoms with Crippen molar-refractivity contribution >= 4 is 83.9 Å². The third-order valence-corrected chi connectivity index (χ3v) is 11.5. The number of carbonyl (C=O) groups is 1. The van der Waals surface area contributed by atoms with Gasteiger partial charge < -0.3 is 4.74 Å². The Morgan fingerprint density at radius 3 is 1.94 bits per heavy atom. The number of halogens is 3. The minimum absolute atomic E-state index is 0.0156. The summed E-state index contributed by atoms with van der Waals surface area (Å²) in [5, 5.41) is 0. The van der Waals surface area contributed by atoms with E-state index in [1.807, 2.05) is 12.1 Å². The third-order valence-electron chi connectivity index (χ3n) is 6.93. The molecule has 1 N–H and O–H groups in total. The van der Waals surface area contributed by atoms with Gasteiger partial charge in [0.2, 0.25) is 0 Å².